The van der Waals surface area contributed by atoms with Crippen molar-refractivity contribution in [3.63, 3.8) is 0 Å². The largest absolute Gasteiger partial charge is 0.345 e. The fourth-order valence-electron chi connectivity index (χ4n) is 2.98. The third kappa shape index (κ3) is 5.62. The van der Waals surface area contributed by atoms with Crippen LogP contribution in [0.15, 0.2) is 84.9 Å². The molecule has 0 aliphatic heterocycles. The molecule has 0 radical (unpaired) electrons. The molecule has 0 unspecified atom stereocenters. The second-order valence-electron chi connectivity index (χ2n) is 6.69. The first-order valence-electron chi connectivity index (χ1n) is 9.34. The molecule has 0 fully saturated rings. The highest BCUT2D eigenvalue weighted by Crippen LogP contribution is 2.19. The summed E-state index contributed by atoms with van der Waals surface area (Å²) >= 11 is 0. The summed E-state index contributed by atoms with van der Waals surface area (Å²) in [6.45, 7) is 1.48. The van der Waals surface area contributed by atoms with E-state index in [0.29, 0.717) is 16.8 Å². The van der Waals surface area contributed by atoms with Gasteiger partial charge >= 0.3 is 0 Å². The number of ketones is 1. The molecule has 0 saturated heterocycles. The van der Waals surface area contributed by atoms with Crippen LogP contribution in [0.1, 0.15) is 45.7 Å². The number of nitrogens with one attached hydrogen (secondary N) is 2. The Morgan fingerprint density at radius 3 is 2.07 bits per heavy atom. The van der Waals surface area contributed by atoms with Crippen LogP contribution in [-0.4, -0.2) is 17.6 Å². The van der Waals surface area contributed by atoms with E-state index in [2.05, 4.69) is 10.6 Å². The van der Waals surface area contributed by atoms with Crippen LogP contribution in [0.3, 0.4) is 0 Å². The van der Waals surface area contributed by atoms with Gasteiger partial charge in [0.2, 0.25) is 5.91 Å². The molecule has 0 saturated carbocycles. The quantitative estimate of drug-likeness (QED) is 0.592. The van der Waals surface area contributed by atoms with Crippen molar-refractivity contribution in [3.05, 3.63) is 102 Å². The van der Waals surface area contributed by atoms with E-state index in [0.717, 1.165) is 5.56 Å². The van der Waals surface area contributed by atoms with Crippen LogP contribution < -0.4 is 10.6 Å². The number of amides is 2. The summed E-state index contributed by atoms with van der Waals surface area (Å²) in [7, 11) is 0. The smallest absolute Gasteiger partial charge is 0.251 e. The van der Waals surface area contributed by atoms with Crippen LogP contribution in [0.25, 0.3) is 0 Å². The van der Waals surface area contributed by atoms with E-state index in [1.165, 1.54) is 6.92 Å². The van der Waals surface area contributed by atoms with Gasteiger partial charge in [0.1, 0.15) is 0 Å². The number of benzene rings is 3. The zero-order chi connectivity index (χ0) is 20.6. The molecule has 3 aromatic rings. The van der Waals surface area contributed by atoms with Crippen LogP contribution in [-0.2, 0) is 4.79 Å². The molecule has 5 heteroatoms. The Morgan fingerprint density at radius 2 is 1.41 bits per heavy atom. The summed E-state index contributed by atoms with van der Waals surface area (Å²) in [5, 5.41) is 5.75. The van der Waals surface area contributed by atoms with Crippen LogP contribution >= 0.6 is 0 Å². The Balaban J connectivity index is 1.74. The number of Topliss-reactive ketones (excluding diaryl/α,β-unsaturated/α-hetero) is 1. The first-order chi connectivity index (χ1) is 14.0. The highest BCUT2D eigenvalue weighted by Gasteiger charge is 2.19. The van der Waals surface area contributed by atoms with Gasteiger partial charge < -0.3 is 10.6 Å². The maximum atomic E-state index is 12.6. The lowest BCUT2D eigenvalue weighted by atomic mass is 10.0. The Morgan fingerprint density at radius 1 is 0.793 bits per heavy atom. The maximum Gasteiger partial charge on any atom is 0.251 e. The van der Waals surface area contributed by atoms with Gasteiger partial charge in [-0.15, -0.1) is 0 Å². The predicted octanol–water partition coefficient (Wildman–Crippen LogP) is 4.39. The Labute approximate surface area is 169 Å². The molecule has 5 nitrogen and oxygen atoms in total. The molecule has 3 rings (SSSR count). The van der Waals surface area contributed by atoms with Crippen LogP contribution in [0.2, 0.25) is 0 Å². The molecular formula is C24H22N2O3. The fraction of sp³-hybridized carbons (Fsp3) is 0.125. The lowest BCUT2D eigenvalue weighted by Crippen LogP contribution is -2.31. The standard InChI is InChI=1S/C24H22N2O3/c1-17(27)20-13-8-14-21(15-20)25-23(28)16-22(18-9-4-2-5-10-18)26-24(29)19-11-6-3-7-12-19/h2-15,22H,16H2,1H3,(H,25,28)(H,26,29)/t22-/m1/s1. The number of hydrogen-bond acceptors (Lipinski definition) is 3. The third-order valence-electron chi connectivity index (χ3n) is 4.49. The first-order valence-corrected chi connectivity index (χ1v) is 9.34. The molecule has 146 valence electrons. The minimum atomic E-state index is -0.486. The van der Waals surface area contributed by atoms with Crippen LogP contribution in [0, 0.1) is 0 Å². The molecule has 0 bridgehead atoms. The summed E-state index contributed by atoms with van der Waals surface area (Å²) in [6.07, 6.45) is 0.0624. The van der Waals surface area contributed by atoms with Gasteiger partial charge in [-0.25, -0.2) is 0 Å². The summed E-state index contributed by atoms with van der Waals surface area (Å²) in [5.74, 6) is -0.572. The second kappa shape index (κ2) is 9.46. The van der Waals surface area contributed by atoms with E-state index in [1.54, 1.807) is 48.5 Å². The third-order valence-corrected chi connectivity index (χ3v) is 4.49. The molecule has 0 spiro atoms. The van der Waals surface area contributed by atoms with E-state index in [4.69, 9.17) is 0 Å². The molecule has 29 heavy (non-hydrogen) atoms. The minimum absolute atomic E-state index is 0.0624. The van der Waals surface area contributed by atoms with Crippen LogP contribution in [0.4, 0.5) is 5.69 Å². The van der Waals surface area contributed by atoms with Crippen molar-refractivity contribution in [2.75, 3.05) is 5.32 Å². The summed E-state index contributed by atoms with van der Waals surface area (Å²) in [4.78, 5) is 36.8. The van der Waals surface area contributed by atoms with Crippen molar-refractivity contribution < 1.29 is 14.4 Å². The van der Waals surface area contributed by atoms with Crippen LogP contribution in [0.5, 0.6) is 0 Å². The van der Waals surface area contributed by atoms with Crippen molar-refractivity contribution in [1.29, 1.82) is 0 Å². The van der Waals surface area contributed by atoms with Crippen molar-refractivity contribution >= 4 is 23.3 Å². The first kappa shape index (κ1) is 20.0. The number of carbonyl (C=O) groups is 3. The molecule has 1 atom stereocenters. The molecular weight excluding hydrogens is 364 g/mol. The molecule has 0 aliphatic carbocycles. The second-order valence-corrected chi connectivity index (χ2v) is 6.69. The lowest BCUT2D eigenvalue weighted by molar-refractivity contribution is -0.116. The van der Waals surface area contributed by atoms with E-state index in [1.807, 2.05) is 36.4 Å². The molecule has 0 heterocycles. The SMILES string of the molecule is CC(=O)c1cccc(NC(=O)C[C@@H](NC(=O)c2ccccc2)c2ccccc2)c1. The van der Waals surface area contributed by atoms with E-state index in [9.17, 15) is 14.4 Å². The van der Waals surface area contributed by atoms with E-state index >= 15 is 0 Å². The molecule has 2 N–H and O–H groups in total. The van der Waals surface area contributed by atoms with Gasteiger partial charge in [0, 0.05) is 16.8 Å². The number of carbonyl (C=O) groups excluding carboxylic acids is 3. The summed E-state index contributed by atoms with van der Waals surface area (Å²) < 4.78 is 0. The zero-order valence-corrected chi connectivity index (χ0v) is 16.1. The van der Waals surface area contributed by atoms with Crippen molar-refractivity contribution in [2.45, 2.75) is 19.4 Å². The van der Waals surface area contributed by atoms with Gasteiger partial charge in [-0.2, -0.15) is 0 Å². The van der Waals surface area contributed by atoms with E-state index < -0.39 is 6.04 Å². The Kier molecular flexibility index (Phi) is 6.53. The number of rotatable bonds is 7. The van der Waals surface area contributed by atoms with Crippen molar-refractivity contribution in [3.8, 4) is 0 Å². The monoisotopic (exact) mass is 386 g/mol. The topological polar surface area (TPSA) is 75.3 Å². The molecule has 3 aromatic carbocycles. The normalized spacial score (nSPS) is 11.3. The minimum Gasteiger partial charge on any atom is -0.345 e. The molecule has 0 aromatic heterocycles. The molecule has 0 aliphatic rings. The highest BCUT2D eigenvalue weighted by molar-refractivity contribution is 5.98. The summed E-state index contributed by atoms with van der Waals surface area (Å²) in [6, 6.07) is 24.5. The number of anilines is 1. The van der Waals surface area contributed by atoms with Gasteiger partial charge in [0.15, 0.2) is 5.78 Å². The van der Waals surface area contributed by atoms with Gasteiger partial charge in [-0.1, -0.05) is 60.7 Å². The zero-order valence-electron chi connectivity index (χ0n) is 16.1. The summed E-state index contributed by atoms with van der Waals surface area (Å²) in [5.41, 5.74) is 2.44. The van der Waals surface area contributed by atoms with Crippen molar-refractivity contribution in [1.82, 2.24) is 5.32 Å². The Bertz CT molecular complexity index is 1000. The molecule has 2 amide bonds. The lowest BCUT2D eigenvalue weighted by Gasteiger charge is -2.19. The average molecular weight is 386 g/mol. The predicted molar refractivity (Wildman–Crippen MR) is 113 cm³/mol. The number of hydrogen-bond donors (Lipinski definition) is 2. The van der Waals surface area contributed by atoms with Gasteiger partial charge in [-0.05, 0) is 36.8 Å². The van der Waals surface area contributed by atoms with Gasteiger partial charge in [0.25, 0.3) is 5.91 Å². The van der Waals surface area contributed by atoms with Crippen molar-refractivity contribution in [2.24, 2.45) is 0 Å². The highest BCUT2D eigenvalue weighted by atomic mass is 16.2. The Hall–Kier alpha value is -3.73. The van der Waals surface area contributed by atoms with Gasteiger partial charge in [0.05, 0.1) is 12.5 Å². The van der Waals surface area contributed by atoms with E-state index in [-0.39, 0.29) is 24.0 Å². The maximum absolute atomic E-state index is 12.6. The average Bonchev–Trinajstić information content (AvgIpc) is 2.74. The van der Waals surface area contributed by atoms with Gasteiger partial charge in [-0.3, -0.25) is 14.4 Å². The fourth-order valence-corrected chi connectivity index (χ4v) is 2.98.